The van der Waals surface area contributed by atoms with Crippen LogP contribution in [0.3, 0.4) is 0 Å². The van der Waals surface area contributed by atoms with Gasteiger partial charge in [-0.1, -0.05) is 13.8 Å². The molecule has 17 heavy (non-hydrogen) atoms. The normalized spacial score (nSPS) is 11.1. The number of hydrogen-bond acceptors (Lipinski definition) is 4. The van der Waals surface area contributed by atoms with E-state index < -0.39 is 0 Å². The predicted molar refractivity (Wildman–Crippen MR) is 66.4 cm³/mol. The molecule has 0 saturated heterocycles. The lowest BCUT2D eigenvalue weighted by Gasteiger charge is -2.17. The van der Waals surface area contributed by atoms with Crippen molar-refractivity contribution in [2.75, 3.05) is 20.1 Å². The minimum absolute atomic E-state index is 0.0662. The highest BCUT2D eigenvalue weighted by Crippen LogP contribution is 2.25. The fourth-order valence-electron chi connectivity index (χ4n) is 1.72. The van der Waals surface area contributed by atoms with Gasteiger partial charge in [0.05, 0.1) is 6.54 Å². The Kier molecular flexibility index (Phi) is 4.52. The van der Waals surface area contributed by atoms with Gasteiger partial charge in [0.2, 0.25) is 0 Å². The van der Waals surface area contributed by atoms with Crippen LogP contribution in [-0.2, 0) is 0 Å². The highest BCUT2D eigenvalue weighted by atomic mass is 16.3. The van der Waals surface area contributed by atoms with Crippen LogP contribution in [0.25, 0.3) is 0 Å². The van der Waals surface area contributed by atoms with Crippen LogP contribution in [-0.4, -0.2) is 41.0 Å². The van der Waals surface area contributed by atoms with Crippen LogP contribution in [0.5, 0.6) is 11.5 Å². The molecule has 0 amide bonds. The topological polar surface area (TPSA) is 60.8 Å². The number of likely N-dealkylation sites (N-methyl/N-ethyl adjacent to an activating group) is 1. The molecule has 4 heteroatoms. The summed E-state index contributed by atoms with van der Waals surface area (Å²) < 4.78 is 0. The van der Waals surface area contributed by atoms with Gasteiger partial charge in [-0.2, -0.15) is 0 Å². The van der Waals surface area contributed by atoms with E-state index in [2.05, 4.69) is 13.8 Å². The highest BCUT2D eigenvalue weighted by molar-refractivity contribution is 5.98. The van der Waals surface area contributed by atoms with E-state index in [4.69, 9.17) is 5.11 Å². The number of carbonyl (C=O) groups excluding carboxylic acids is 1. The number of nitrogens with zero attached hydrogens (tertiary/aromatic N) is 1. The van der Waals surface area contributed by atoms with Gasteiger partial charge in [-0.05, 0) is 31.2 Å². The molecule has 0 spiro atoms. The van der Waals surface area contributed by atoms with Crippen molar-refractivity contribution in [2.45, 2.75) is 13.8 Å². The molecule has 0 aliphatic rings. The number of benzene rings is 1. The van der Waals surface area contributed by atoms with Crippen molar-refractivity contribution in [2.24, 2.45) is 5.92 Å². The van der Waals surface area contributed by atoms with Crippen LogP contribution < -0.4 is 0 Å². The summed E-state index contributed by atoms with van der Waals surface area (Å²) in [4.78, 5) is 13.8. The molecule has 0 aliphatic heterocycles. The Morgan fingerprint density at radius 2 is 1.94 bits per heavy atom. The van der Waals surface area contributed by atoms with E-state index in [9.17, 15) is 9.90 Å². The van der Waals surface area contributed by atoms with Crippen LogP contribution in [0.2, 0.25) is 0 Å². The zero-order chi connectivity index (χ0) is 13.0. The first-order valence-electron chi connectivity index (χ1n) is 5.64. The summed E-state index contributed by atoms with van der Waals surface area (Å²) in [5.74, 6) is -0.0380. The number of phenolic OH excluding ortho intramolecular Hbond substituents is 2. The maximum atomic E-state index is 11.9. The van der Waals surface area contributed by atoms with Gasteiger partial charge in [-0.25, -0.2) is 0 Å². The number of Topliss-reactive ketones (excluding diaryl/α,β-unsaturated/α-hetero) is 1. The second-order valence-electron chi connectivity index (χ2n) is 4.72. The van der Waals surface area contributed by atoms with E-state index in [1.54, 1.807) is 0 Å². The molecule has 0 radical (unpaired) electrons. The standard InChI is InChI=1S/C13H19NO3/c1-9(2)7-14(3)8-13(17)10-4-5-11(15)12(16)6-10/h4-6,9,15-16H,7-8H2,1-3H3. The van der Waals surface area contributed by atoms with Crippen LogP contribution in [0.15, 0.2) is 18.2 Å². The number of hydrogen-bond donors (Lipinski definition) is 2. The lowest BCUT2D eigenvalue weighted by Crippen LogP contribution is -2.29. The summed E-state index contributed by atoms with van der Waals surface area (Å²) in [5, 5.41) is 18.5. The average Bonchev–Trinajstić information content (AvgIpc) is 2.20. The van der Waals surface area contributed by atoms with E-state index in [-0.39, 0.29) is 17.3 Å². The molecule has 1 aromatic rings. The molecule has 94 valence electrons. The van der Waals surface area contributed by atoms with Crippen LogP contribution in [0, 0.1) is 5.92 Å². The third-order valence-electron chi connectivity index (χ3n) is 2.39. The van der Waals surface area contributed by atoms with E-state index in [0.29, 0.717) is 18.0 Å². The second-order valence-corrected chi connectivity index (χ2v) is 4.72. The highest BCUT2D eigenvalue weighted by Gasteiger charge is 2.12. The monoisotopic (exact) mass is 237 g/mol. The molecule has 0 bridgehead atoms. The largest absolute Gasteiger partial charge is 0.504 e. The Morgan fingerprint density at radius 3 is 2.47 bits per heavy atom. The first-order chi connectivity index (χ1) is 7.90. The van der Waals surface area contributed by atoms with Gasteiger partial charge >= 0.3 is 0 Å². The van der Waals surface area contributed by atoms with Crippen LogP contribution in [0.1, 0.15) is 24.2 Å². The number of ketones is 1. The van der Waals surface area contributed by atoms with Gasteiger partial charge in [-0.3, -0.25) is 9.69 Å². The summed E-state index contributed by atoms with van der Waals surface area (Å²) in [6.07, 6.45) is 0. The number of phenols is 2. The van der Waals surface area contributed by atoms with Crippen molar-refractivity contribution < 1.29 is 15.0 Å². The first-order valence-corrected chi connectivity index (χ1v) is 5.64. The molecule has 0 aliphatic carbocycles. The Bertz CT molecular complexity index is 402. The van der Waals surface area contributed by atoms with Gasteiger partial charge < -0.3 is 10.2 Å². The Balaban J connectivity index is 2.66. The molecule has 4 nitrogen and oxygen atoms in total. The number of carbonyl (C=O) groups is 1. The Hall–Kier alpha value is -1.55. The summed E-state index contributed by atoms with van der Waals surface area (Å²) in [6, 6.07) is 4.13. The summed E-state index contributed by atoms with van der Waals surface area (Å²) in [7, 11) is 1.89. The smallest absolute Gasteiger partial charge is 0.176 e. The quantitative estimate of drug-likeness (QED) is 0.606. The van der Waals surface area contributed by atoms with Gasteiger partial charge in [0.25, 0.3) is 0 Å². The van der Waals surface area contributed by atoms with Crippen LogP contribution >= 0.6 is 0 Å². The number of rotatable bonds is 5. The Labute approximate surface area is 101 Å². The van der Waals surface area contributed by atoms with Crippen LogP contribution in [0.4, 0.5) is 0 Å². The molecule has 1 rings (SSSR count). The maximum absolute atomic E-state index is 11.9. The zero-order valence-electron chi connectivity index (χ0n) is 10.5. The molecule has 0 heterocycles. The van der Waals surface area contributed by atoms with Gasteiger partial charge in [0, 0.05) is 12.1 Å². The molecule has 0 aromatic heterocycles. The lowest BCUT2D eigenvalue weighted by molar-refractivity contribution is 0.0940. The van der Waals surface area contributed by atoms with Gasteiger partial charge in [0.15, 0.2) is 17.3 Å². The molecule has 0 atom stereocenters. The predicted octanol–water partition coefficient (Wildman–Crippen LogP) is 1.87. The molecule has 0 fully saturated rings. The minimum atomic E-state index is -0.262. The molecule has 2 N–H and O–H groups in total. The van der Waals surface area contributed by atoms with E-state index in [1.165, 1.54) is 18.2 Å². The minimum Gasteiger partial charge on any atom is -0.504 e. The fourth-order valence-corrected chi connectivity index (χ4v) is 1.72. The second kappa shape index (κ2) is 5.68. The first kappa shape index (κ1) is 13.5. The summed E-state index contributed by atoms with van der Waals surface area (Å²) in [6.45, 7) is 5.33. The van der Waals surface area contributed by atoms with Crippen molar-refractivity contribution in [3.63, 3.8) is 0 Å². The van der Waals surface area contributed by atoms with E-state index in [0.717, 1.165) is 6.54 Å². The summed E-state index contributed by atoms with van der Waals surface area (Å²) in [5.41, 5.74) is 0.413. The van der Waals surface area contributed by atoms with Gasteiger partial charge in [-0.15, -0.1) is 0 Å². The molecular formula is C13H19NO3. The molecule has 0 unspecified atom stereocenters. The van der Waals surface area contributed by atoms with E-state index >= 15 is 0 Å². The van der Waals surface area contributed by atoms with Crippen molar-refractivity contribution >= 4 is 5.78 Å². The Morgan fingerprint density at radius 1 is 1.29 bits per heavy atom. The lowest BCUT2D eigenvalue weighted by atomic mass is 10.1. The van der Waals surface area contributed by atoms with Crippen molar-refractivity contribution in [1.82, 2.24) is 4.90 Å². The zero-order valence-corrected chi connectivity index (χ0v) is 10.5. The van der Waals surface area contributed by atoms with Crippen molar-refractivity contribution in [3.05, 3.63) is 23.8 Å². The van der Waals surface area contributed by atoms with Crippen molar-refractivity contribution in [1.29, 1.82) is 0 Å². The number of aromatic hydroxyl groups is 2. The molecule has 1 aromatic carbocycles. The third-order valence-corrected chi connectivity index (χ3v) is 2.39. The van der Waals surface area contributed by atoms with E-state index in [1.807, 2.05) is 11.9 Å². The average molecular weight is 237 g/mol. The molecular weight excluding hydrogens is 218 g/mol. The van der Waals surface area contributed by atoms with Gasteiger partial charge in [0.1, 0.15) is 0 Å². The maximum Gasteiger partial charge on any atom is 0.176 e. The fraction of sp³-hybridized carbons (Fsp3) is 0.462. The molecule has 0 saturated carbocycles. The third kappa shape index (κ3) is 4.07. The SMILES string of the molecule is CC(C)CN(C)CC(=O)c1ccc(O)c(O)c1. The van der Waals surface area contributed by atoms with Crippen molar-refractivity contribution in [3.8, 4) is 11.5 Å². The summed E-state index contributed by atoms with van der Waals surface area (Å²) >= 11 is 0.